The van der Waals surface area contributed by atoms with E-state index in [4.69, 9.17) is 4.98 Å². The molecule has 1 fully saturated rings. The third-order valence-corrected chi connectivity index (χ3v) is 5.52. The summed E-state index contributed by atoms with van der Waals surface area (Å²) in [6, 6.07) is 0. The maximum Gasteiger partial charge on any atom is 0.185 e. The van der Waals surface area contributed by atoms with Gasteiger partial charge in [0.05, 0.1) is 5.69 Å². The number of thioether (sulfide) groups is 1. The third kappa shape index (κ3) is 3.19. The van der Waals surface area contributed by atoms with E-state index in [1.54, 1.807) is 0 Å². The summed E-state index contributed by atoms with van der Waals surface area (Å²) in [5, 5.41) is 5.87. The van der Waals surface area contributed by atoms with Crippen molar-refractivity contribution in [3.63, 3.8) is 0 Å². The van der Waals surface area contributed by atoms with E-state index in [0.29, 0.717) is 10.5 Å². The molecule has 0 amide bonds. The van der Waals surface area contributed by atoms with Crippen molar-refractivity contribution in [3.05, 3.63) is 10.6 Å². The van der Waals surface area contributed by atoms with Gasteiger partial charge >= 0.3 is 0 Å². The van der Waals surface area contributed by atoms with Crippen LogP contribution in [-0.2, 0) is 13.0 Å². The zero-order valence-corrected chi connectivity index (χ0v) is 13.3. The lowest BCUT2D eigenvalue weighted by molar-refractivity contribution is 0.724. The van der Waals surface area contributed by atoms with E-state index >= 15 is 0 Å². The second-order valence-corrected chi connectivity index (χ2v) is 7.86. The van der Waals surface area contributed by atoms with Crippen molar-refractivity contribution in [1.29, 1.82) is 0 Å². The van der Waals surface area contributed by atoms with Gasteiger partial charge in [-0.1, -0.05) is 20.8 Å². The summed E-state index contributed by atoms with van der Waals surface area (Å²) in [5.74, 6) is 0. The Hall–Kier alpha value is -0.260. The highest BCUT2D eigenvalue weighted by Crippen LogP contribution is 2.32. The first-order valence-corrected chi connectivity index (χ1v) is 8.43. The second-order valence-electron chi connectivity index (χ2n) is 4.91. The molecule has 18 heavy (non-hydrogen) atoms. The van der Waals surface area contributed by atoms with Crippen LogP contribution in [0.5, 0.6) is 0 Å². The van der Waals surface area contributed by atoms with Gasteiger partial charge in [0.15, 0.2) is 5.13 Å². The Morgan fingerprint density at radius 3 is 2.56 bits per heavy atom. The van der Waals surface area contributed by atoms with E-state index in [2.05, 4.69) is 42.7 Å². The Balaban J connectivity index is 2.17. The van der Waals surface area contributed by atoms with Crippen LogP contribution in [0, 0.1) is 0 Å². The van der Waals surface area contributed by atoms with Gasteiger partial charge in [0.25, 0.3) is 0 Å². The van der Waals surface area contributed by atoms with Crippen molar-refractivity contribution >= 4 is 28.2 Å². The van der Waals surface area contributed by atoms with Crippen molar-refractivity contribution < 1.29 is 0 Å². The topological polar surface area (TPSA) is 28.2 Å². The van der Waals surface area contributed by atoms with E-state index in [0.717, 1.165) is 26.1 Å². The summed E-state index contributed by atoms with van der Waals surface area (Å²) >= 11 is 3.95. The summed E-state index contributed by atoms with van der Waals surface area (Å²) in [6.07, 6.45) is 1.03. The standard InChI is InChI=1S/C13H23N3S2/c1-5-11-12(6-14-4)18-13(15-11)16-7-9(2)17-10(3)8-16/h9-10,14H,5-8H2,1-4H3. The number of anilines is 1. The quantitative estimate of drug-likeness (QED) is 0.921. The Bertz CT molecular complexity index is 382. The van der Waals surface area contributed by atoms with Crippen LogP contribution >= 0.6 is 23.1 Å². The van der Waals surface area contributed by atoms with Gasteiger partial charge < -0.3 is 10.2 Å². The molecular weight excluding hydrogens is 262 g/mol. The highest BCUT2D eigenvalue weighted by Gasteiger charge is 2.25. The molecular formula is C13H23N3S2. The normalized spacial score (nSPS) is 24.6. The number of hydrogen-bond donors (Lipinski definition) is 1. The van der Waals surface area contributed by atoms with E-state index in [1.165, 1.54) is 15.7 Å². The lowest BCUT2D eigenvalue weighted by Gasteiger charge is -2.34. The van der Waals surface area contributed by atoms with Crippen LogP contribution < -0.4 is 10.2 Å². The molecule has 2 heterocycles. The molecule has 2 unspecified atom stereocenters. The molecule has 1 aromatic heterocycles. The number of rotatable bonds is 4. The molecule has 3 nitrogen and oxygen atoms in total. The number of aromatic nitrogens is 1. The Morgan fingerprint density at radius 2 is 2.00 bits per heavy atom. The maximum absolute atomic E-state index is 4.84. The highest BCUT2D eigenvalue weighted by molar-refractivity contribution is 8.00. The fourth-order valence-corrected chi connectivity index (χ4v) is 4.92. The van der Waals surface area contributed by atoms with Crippen LogP contribution in [0.4, 0.5) is 5.13 Å². The molecule has 1 saturated heterocycles. The largest absolute Gasteiger partial charge is 0.346 e. The Labute approximate surface area is 118 Å². The number of thiazole rings is 1. The zero-order chi connectivity index (χ0) is 13.1. The van der Waals surface area contributed by atoms with Gasteiger partial charge in [-0.25, -0.2) is 4.98 Å². The molecule has 0 spiro atoms. The fraction of sp³-hybridized carbons (Fsp3) is 0.769. The van der Waals surface area contributed by atoms with E-state index in [-0.39, 0.29) is 0 Å². The minimum Gasteiger partial charge on any atom is -0.346 e. The SMILES string of the molecule is CCc1nc(N2CC(C)SC(C)C2)sc1CNC. The van der Waals surface area contributed by atoms with Crippen molar-refractivity contribution in [2.24, 2.45) is 0 Å². The lowest BCUT2D eigenvalue weighted by Crippen LogP contribution is -2.40. The van der Waals surface area contributed by atoms with E-state index in [9.17, 15) is 0 Å². The predicted molar refractivity (Wildman–Crippen MR) is 83.0 cm³/mol. The fourth-order valence-electron chi connectivity index (χ4n) is 2.41. The first kappa shape index (κ1) is 14.2. The summed E-state index contributed by atoms with van der Waals surface area (Å²) in [5.41, 5.74) is 1.27. The van der Waals surface area contributed by atoms with Gasteiger partial charge in [0.1, 0.15) is 0 Å². The first-order chi connectivity index (χ1) is 8.63. The summed E-state index contributed by atoms with van der Waals surface area (Å²) in [4.78, 5) is 8.70. The number of nitrogens with zero attached hydrogens (tertiary/aromatic N) is 2. The molecule has 0 saturated carbocycles. The molecule has 2 rings (SSSR count). The minimum atomic E-state index is 0.704. The molecule has 2 atom stereocenters. The first-order valence-electron chi connectivity index (χ1n) is 6.67. The van der Waals surface area contributed by atoms with E-state index < -0.39 is 0 Å². The average molecular weight is 285 g/mol. The number of nitrogens with one attached hydrogen (secondary N) is 1. The van der Waals surface area contributed by atoms with E-state index in [1.807, 2.05) is 18.4 Å². The van der Waals surface area contributed by atoms with Crippen LogP contribution in [0.1, 0.15) is 31.3 Å². The van der Waals surface area contributed by atoms with Gasteiger partial charge in [0.2, 0.25) is 0 Å². The second kappa shape index (κ2) is 6.26. The molecule has 1 aliphatic rings. The van der Waals surface area contributed by atoms with Crippen molar-refractivity contribution in [3.8, 4) is 0 Å². The van der Waals surface area contributed by atoms with Crippen LogP contribution in [0.25, 0.3) is 0 Å². The van der Waals surface area contributed by atoms with Crippen LogP contribution in [0.3, 0.4) is 0 Å². The molecule has 0 aromatic carbocycles. The predicted octanol–water partition coefficient (Wildman–Crippen LogP) is 2.76. The van der Waals surface area contributed by atoms with Crippen LogP contribution in [0.2, 0.25) is 0 Å². The molecule has 1 N–H and O–H groups in total. The highest BCUT2D eigenvalue weighted by atomic mass is 32.2. The zero-order valence-electron chi connectivity index (χ0n) is 11.7. The van der Waals surface area contributed by atoms with Gasteiger partial charge in [-0.15, -0.1) is 11.3 Å². The molecule has 102 valence electrons. The number of aryl methyl sites for hydroxylation is 1. The molecule has 1 aliphatic heterocycles. The molecule has 1 aromatic rings. The molecule has 5 heteroatoms. The van der Waals surface area contributed by atoms with Gasteiger partial charge in [0, 0.05) is 35.0 Å². The molecule has 0 aliphatic carbocycles. The van der Waals surface area contributed by atoms with Crippen molar-refractivity contribution in [2.45, 2.75) is 44.2 Å². The summed E-state index contributed by atoms with van der Waals surface area (Å²) in [7, 11) is 2.00. The van der Waals surface area contributed by atoms with Gasteiger partial charge in [-0.05, 0) is 13.5 Å². The lowest BCUT2D eigenvalue weighted by atomic mass is 10.3. The molecule has 0 bridgehead atoms. The van der Waals surface area contributed by atoms with Gasteiger partial charge in [-0.2, -0.15) is 11.8 Å². The third-order valence-electron chi connectivity index (χ3n) is 3.13. The van der Waals surface area contributed by atoms with Crippen LogP contribution in [-0.4, -0.2) is 35.6 Å². The molecule has 0 radical (unpaired) electrons. The number of hydrogen-bond acceptors (Lipinski definition) is 5. The van der Waals surface area contributed by atoms with Crippen LogP contribution in [0.15, 0.2) is 0 Å². The Kier molecular flexibility index (Phi) is 4.92. The minimum absolute atomic E-state index is 0.704. The summed E-state index contributed by atoms with van der Waals surface area (Å²) in [6.45, 7) is 10.0. The average Bonchev–Trinajstić information content (AvgIpc) is 2.71. The van der Waals surface area contributed by atoms with Crippen molar-refractivity contribution in [2.75, 3.05) is 25.0 Å². The Morgan fingerprint density at radius 1 is 1.33 bits per heavy atom. The van der Waals surface area contributed by atoms with Gasteiger partial charge in [-0.3, -0.25) is 0 Å². The summed E-state index contributed by atoms with van der Waals surface area (Å²) < 4.78 is 0. The maximum atomic E-state index is 4.84. The van der Waals surface area contributed by atoms with Crippen molar-refractivity contribution in [1.82, 2.24) is 10.3 Å². The monoisotopic (exact) mass is 285 g/mol. The smallest absolute Gasteiger partial charge is 0.185 e.